The van der Waals surface area contributed by atoms with Gasteiger partial charge in [0.2, 0.25) is 0 Å². The van der Waals surface area contributed by atoms with Crippen LogP contribution in [0, 0.1) is 0 Å². The maximum absolute atomic E-state index is 11.4. The highest BCUT2D eigenvalue weighted by molar-refractivity contribution is 5.80. The van der Waals surface area contributed by atoms with Gasteiger partial charge in [-0.15, -0.1) is 0 Å². The Labute approximate surface area is 91.8 Å². The van der Waals surface area contributed by atoms with E-state index < -0.39 is 0 Å². The third-order valence-electron chi connectivity index (χ3n) is 3.61. The molecular weight excluding hydrogens is 190 g/mol. The Bertz CT molecular complexity index is 214. The zero-order valence-corrected chi connectivity index (χ0v) is 9.58. The first-order valence-electron chi connectivity index (χ1n) is 6.16. The molecule has 2 unspecified atom stereocenters. The lowest BCUT2D eigenvalue weighted by Gasteiger charge is -2.33. The number of ketones is 1. The molecule has 2 aliphatic rings. The molecule has 0 aromatic heterocycles. The lowest BCUT2D eigenvalue weighted by atomic mass is 10.0. The van der Waals surface area contributed by atoms with E-state index in [1.807, 2.05) is 6.92 Å². The molecule has 86 valence electrons. The van der Waals surface area contributed by atoms with Gasteiger partial charge in [0, 0.05) is 44.7 Å². The number of nitrogens with zero attached hydrogens (tertiary/aromatic N) is 1. The van der Waals surface area contributed by atoms with E-state index in [2.05, 4.69) is 4.90 Å². The lowest BCUT2D eigenvalue weighted by molar-refractivity contribution is -0.123. The fourth-order valence-electron chi connectivity index (χ4n) is 2.92. The van der Waals surface area contributed by atoms with Gasteiger partial charge in [-0.25, -0.2) is 0 Å². The number of hydrogen-bond acceptors (Lipinski definition) is 3. The number of hydrogen-bond donors (Lipinski definition) is 0. The molecule has 2 bridgehead atoms. The summed E-state index contributed by atoms with van der Waals surface area (Å²) in [4.78, 5) is 13.9. The highest BCUT2D eigenvalue weighted by atomic mass is 16.5. The van der Waals surface area contributed by atoms with Crippen LogP contribution in [0.15, 0.2) is 0 Å². The number of carbonyl (C=O) groups excluding carboxylic acids is 1. The number of piperidine rings is 1. The van der Waals surface area contributed by atoms with Crippen LogP contribution in [0.25, 0.3) is 0 Å². The van der Waals surface area contributed by atoms with Crippen LogP contribution in [0.1, 0.15) is 39.0 Å². The molecule has 15 heavy (non-hydrogen) atoms. The molecular formula is C12H21NO2. The minimum absolute atomic E-state index is 0.476. The first-order chi connectivity index (χ1) is 7.31. The average molecular weight is 211 g/mol. The molecule has 0 spiro atoms. The van der Waals surface area contributed by atoms with E-state index in [1.165, 1.54) is 12.8 Å². The van der Waals surface area contributed by atoms with Crippen molar-refractivity contribution in [1.82, 2.24) is 4.90 Å². The van der Waals surface area contributed by atoms with Crippen LogP contribution in [0.2, 0.25) is 0 Å². The van der Waals surface area contributed by atoms with Crippen LogP contribution in [0.4, 0.5) is 0 Å². The predicted octanol–water partition coefficient (Wildman–Crippen LogP) is 1.61. The number of carbonyl (C=O) groups is 1. The smallest absolute Gasteiger partial charge is 0.136 e. The van der Waals surface area contributed by atoms with Gasteiger partial charge in [-0.3, -0.25) is 9.69 Å². The summed E-state index contributed by atoms with van der Waals surface area (Å²) in [6.45, 7) is 4.82. The van der Waals surface area contributed by atoms with Crippen molar-refractivity contribution in [2.75, 3.05) is 19.8 Å². The Morgan fingerprint density at radius 3 is 2.60 bits per heavy atom. The summed E-state index contributed by atoms with van der Waals surface area (Å²) in [6.07, 6.45) is 5.15. The minimum Gasteiger partial charge on any atom is -0.382 e. The predicted molar refractivity (Wildman–Crippen MR) is 58.9 cm³/mol. The first kappa shape index (κ1) is 11.1. The topological polar surface area (TPSA) is 29.5 Å². The van der Waals surface area contributed by atoms with E-state index in [4.69, 9.17) is 4.74 Å². The molecule has 0 N–H and O–H groups in total. The SMILES string of the molecule is CCOCCCN1C2CCC1CC(=O)C2. The normalized spacial score (nSPS) is 31.1. The second kappa shape index (κ2) is 5.08. The minimum atomic E-state index is 0.476. The van der Waals surface area contributed by atoms with Crippen molar-refractivity contribution in [1.29, 1.82) is 0 Å². The lowest BCUT2D eigenvalue weighted by Crippen LogP contribution is -2.43. The summed E-state index contributed by atoms with van der Waals surface area (Å²) in [7, 11) is 0. The number of Topliss-reactive ketones (excluding diaryl/α,β-unsaturated/α-hetero) is 1. The number of rotatable bonds is 5. The highest BCUT2D eigenvalue weighted by Gasteiger charge is 2.39. The van der Waals surface area contributed by atoms with E-state index in [0.29, 0.717) is 17.9 Å². The Balaban J connectivity index is 1.76. The Hall–Kier alpha value is -0.410. The summed E-state index contributed by atoms with van der Waals surface area (Å²) in [6, 6.07) is 1.11. The summed E-state index contributed by atoms with van der Waals surface area (Å²) < 4.78 is 5.34. The van der Waals surface area contributed by atoms with Crippen molar-refractivity contribution < 1.29 is 9.53 Å². The number of fused-ring (bicyclic) bond motifs is 2. The van der Waals surface area contributed by atoms with Gasteiger partial charge in [0.1, 0.15) is 5.78 Å². The van der Waals surface area contributed by atoms with Crippen LogP contribution < -0.4 is 0 Å². The van der Waals surface area contributed by atoms with E-state index in [0.717, 1.165) is 39.0 Å². The molecule has 3 heteroatoms. The Morgan fingerprint density at radius 2 is 2.00 bits per heavy atom. The molecule has 2 saturated heterocycles. The fourth-order valence-corrected chi connectivity index (χ4v) is 2.92. The van der Waals surface area contributed by atoms with E-state index in [9.17, 15) is 4.79 Å². The van der Waals surface area contributed by atoms with Crippen molar-refractivity contribution in [3.63, 3.8) is 0 Å². The van der Waals surface area contributed by atoms with Crippen LogP contribution in [-0.4, -0.2) is 42.5 Å². The average Bonchev–Trinajstić information content (AvgIpc) is 2.46. The first-order valence-corrected chi connectivity index (χ1v) is 6.16. The summed E-state index contributed by atoms with van der Waals surface area (Å²) in [5.74, 6) is 0.476. The van der Waals surface area contributed by atoms with Gasteiger partial charge >= 0.3 is 0 Å². The summed E-state index contributed by atoms with van der Waals surface area (Å²) in [5.41, 5.74) is 0. The third kappa shape index (κ3) is 2.58. The van der Waals surface area contributed by atoms with Gasteiger partial charge in [0.05, 0.1) is 0 Å². The summed E-state index contributed by atoms with van der Waals surface area (Å²) in [5, 5.41) is 0. The molecule has 2 fully saturated rings. The molecule has 0 amide bonds. The van der Waals surface area contributed by atoms with Crippen LogP contribution >= 0.6 is 0 Å². The van der Waals surface area contributed by atoms with Crippen LogP contribution in [-0.2, 0) is 9.53 Å². The van der Waals surface area contributed by atoms with Gasteiger partial charge in [-0.05, 0) is 26.2 Å². The standard InChI is InChI=1S/C12H21NO2/c1-2-15-7-3-6-13-10-4-5-11(13)9-12(14)8-10/h10-11H,2-9H2,1H3. The monoisotopic (exact) mass is 211 g/mol. The quantitative estimate of drug-likeness (QED) is 0.647. The molecule has 0 aliphatic carbocycles. The van der Waals surface area contributed by atoms with Crippen molar-refractivity contribution >= 4 is 5.78 Å². The zero-order chi connectivity index (χ0) is 10.7. The largest absolute Gasteiger partial charge is 0.382 e. The maximum atomic E-state index is 11.4. The zero-order valence-electron chi connectivity index (χ0n) is 9.58. The molecule has 0 aromatic carbocycles. The fraction of sp³-hybridized carbons (Fsp3) is 0.917. The Morgan fingerprint density at radius 1 is 1.33 bits per heavy atom. The molecule has 2 atom stereocenters. The van der Waals surface area contributed by atoms with Crippen LogP contribution in [0.3, 0.4) is 0 Å². The van der Waals surface area contributed by atoms with Gasteiger partial charge < -0.3 is 4.74 Å². The van der Waals surface area contributed by atoms with E-state index >= 15 is 0 Å². The van der Waals surface area contributed by atoms with Crippen LogP contribution in [0.5, 0.6) is 0 Å². The van der Waals surface area contributed by atoms with Crippen molar-refractivity contribution in [3.8, 4) is 0 Å². The van der Waals surface area contributed by atoms with Gasteiger partial charge in [-0.2, -0.15) is 0 Å². The second-order valence-corrected chi connectivity index (χ2v) is 4.62. The third-order valence-corrected chi connectivity index (χ3v) is 3.61. The van der Waals surface area contributed by atoms with Crippen molar-refractivity contribution in [3.05, 3.63) is 0 Å². The number of ether oxygens (including phenoxy) is 1. The molecule has 0 radical (unpaired) electrons. The molecule has 2 aliphatic heterocycles. The molecule has 3 nitrogen and oxygen atoms in total. The molecule has 0 saturated carbocycles. The van der Waals surface area contributed by atoms with Crippen molar-refractivity contribution in [2.45, 2.75) is 51.1 Å². The summed E-state index contributed by atoms with van der Waals surface area (Å²) >= 11 is 0. The molecule has 2 rings (SSSR count). The Kier molecular flexibility index (Phi) is 3.76. The molecule has 0 aromatic rings. The van der Waals surface area contributed by atoms with Gasteiger partial charge in [0.15, 0.2) is 0 Å². The second-order valence-electron chi connectivity index (χ2n) is 4.62. The van der Waals surface area contributed by atoms with Gasteiger partial charge in [-0.1, -0.05) is 0 Å². The van der Waals surface area contributed by atoms with Crippen molar-refractivity contribution in [2.24, 2.45) is 0 Å². The highest BCUT2D eigenvalue weighted by Crippen LogP contribution is 2.33. The maximum Gasteiger partial charge on any atom is 0.136 e. The van der Waals surface area contributed by atoms with Gasteiger partial charge in [0.25, 0.3) is 0 Å². The van der Waals surface area contributed by atoms with E-state index in [1.54, 1.807) is 0 Å². The molecule has 2 heterocycles. The van der Waals surface area contributed by atoms with E-state index in [-0.39, 0.29) is 0 Å².